The van der Waals surface area contributed by atoms with Crippen molar-refractivity contribution in [1.82, 2.24) is 0 Å². The van der Waals surface area contributed by atoms with E-state index in [1.54, 1.807) is 18.2 Å². The fraction of sp³-hybridized carbons (Fsp3) is 0.132. The molecule has 0 aliphatic carbocycles. The summed E-state index contributed by atoms with van der Waals surface area (Å²) in [6, 6.07) is 46.7. The molecule has 0 amide bonds. The van der Waals surface area contributed by atoms with Crippen LogP contribution in [-0.2, 0) is 6.42 Å². The van der Waals surface area contributed by atoms with Gasteiger partial charge in [-0.2, -0.15) is 0 Å². The average Bonchev–Trinajstić information content (AvgIpc) is 3.56. The fourth-order valence-electron chi connectivity index (χ4n) is 6.38. The van der Waals surface area contributed by atoms with Crippen molar-refractivity contribution in [3.8, 4) is 22.8 Å². The number of fused-ring (bicyclic) bond motifs is 3. The standard InChI is InChI=1S/C38H33O4P/c39-34-26-36(42-37-33(34)23-24-35-38(37)41-27-40-35)29-21-19-28(20-22-29)12-10-11-25-43(30-13-4-1-5-14-30,31-15-6-2-7-16-31)32-17-8-3-9-18-32/h1-9,13-24,26,43H,10-12,25,27H2. The molecule has 0 radical (unpaired) electrons. The van der Waals surface area contributed by atoms with Gasteiger partial charge in [0.2, 0.25) is 6.79 Å². The number of rotatable bonds is 9. The van der Waals surface area contributed by atoms with Crippen LogP contribution in [0.15, 0.2) is 143 Å². The molecule has 1 aliphatic rings. The smallest absolute Gasteiger partial charge is 0.453 e. The van der Waals surface area contributed by atoms with E-state index in [1.165, 1.54) is 21.5 Å². The first-order valence-electron chi connectivity index (χ1n) is 14.8. The van der Waals surface area contributed by atoms with E-state index >= 15 is 0 Å². The summed E-state index contributed by atoms with van der Waals surface area (Å²) in [7, 11) is -2.21. The van der Waals surface area contributed by atoms with Crippen LogP contribution in [0.5, 0.6) is 11.5 Å². The molecular formula is C38H33O4P. The minimum atomic E-state index is -2.21. The van der Waals surface area contributed by atoms with Crippen LogP contribution in [0.2, 0.25) is 0 Å². The number of aryl methyl sites for hydroxylation is 1. The second-order valence-electron chi connectivity index (χ2n) is 11.1. The molecule has 6 aromatic rings. The number of unbranched alkanes of at least 4 members (excludes halogenated alkanes) is 1. The first-order valence-corrected chi connectivity index (χ1v) is 17.1. The molecule has 0 N–H and O–H groups in total. The third-order valence-corrected chi connectivity index (χ3v) is 13.6. The van der Waals surface area contributed by atoms with E-state index in [2.05, 4.69) is 103 Å². The number of ether oxygens (including phenoxy) is 2. The Balaban J connectivity index is 1.11. The van der Waals surface area contributed by atoms with Crippen LogP contribution in [0.4, 0.5) is 0 Å². The van der Waals surface area contributed by atoms with Crippen molar-refractivity contribution >= 4 is 34.1 Å². The van der Waals surface area contributed by atoms with Crippen LogP contribution in [0.3, 0.4) is 0 Å². The first-order chi connectivity index (χ1) is 21.2. The maximum absolute atomic E-state index is 12.8. The van der Waals surface area contributed by atoms with E-state index in [1.807, 2.05) is 12.1 Å². The van der Waals surface area contributed by atoms with Crippen molar-refractivity contribution in [3.63, 3.8) is 0 Å². The molecule has 2 heterocycles. The molecule has 7 rings (SSSR count). The Kier molecular flexibility index (Phi) is 7.53. The van der Waals surface area contributed by atoms with E-state index in [9.17, 15) is 4.79 Å². The summed E-state index contributed by atoms with van der Waals surface area (Å²) in [5.74, 6) is 1.62. The Bertz CT molecular complexity index is 1800. The van der Waals surface area contributed by atoms with Gasteiger partial charge in [-0.25, -0.2) is 0 Å². The van der Waals surface area contributed by atoms with Crippen molar-refractivity contribution < 1.29 is 13.9 Å². The van der Waals surface area contributed by atoms with E-state index in [0.29, 0.717) is 28.2 Å². The van der Waals surface area contributed by atoms with Gasteiger partial charge in [-0.15, -0.1) is 0 Å². The van der Waals surface area contributed by atoms with Gasteiger partial charge in [-0.1, -0.05) is 0 Å². The fourth-order valence-corrected chi connectivity index (χ4v) is 11.3. The average molecular weight is 585 g/mol. The quantitative estimate of drug-likeness (QED) is 0.133. The Morgan fingerprint density at radius 1 is 0.628 bits per heavy atom. The second kappa shape index (κ2) is 11.9. The van der Waals surface area contributed by atoms with Gasteiger partial charge in [0.25, 0.3) is 0 Å². The first kappa shape index (κ1) is 27.2. The van der Waals surface area contributed by atoms with Crippen LogP contribution in [0, 0.1) is 0 Å². The number of hydrogen-bond donors (Lipinski definition) is 0. The molecule has 1 aromatic heterocycles. The summed E-state index contributed by atoms with van der Waals surface area (Å²) in [6.45, 7) is 0.128. The summed E-state index contributed by atoms with van der Waals surface area (Å²) in [4.78, 5) is 12.8. The third kappa shape index (κ3) is 5.24. The molecule has 214 valence electrons. The molecule has 0 fully saturated rings. The van der Waals surface area contributed by atoms with Gasteiger partial charge in [0, 0.05) is 0 Å². The zero-order chi connectivity index (χ0) is 29.1. The maximum atomic E-state index is 12.8. The van der Waals surface area contributed by atoms with Crippen LogP contribution in [-0.4, -0.2) is 13.0 Å². The minimum absolute atomic E-state index is 0.0958. The van der Waals surface area contributed by atoms with Gasteiger partial charge in [-0.05, 0) is 12.1 Å². The van der Waals surface area contributed by atoms with Gasteiger partial charge >= 0.3 is 218 Å². The number of hydrogen-bond acceptors (Lipinski definition) is 4. The Morgan fingerprint density at radius 2 is 1.23 bits per heavy atom. The minimum Gasteiger partial charge on any atom is -0.453 e. The zero-order valence-electron chi connectivity index (χ0n) is 23.9. The van der Waals surface area contributed by atoms with Crippen LogP contribution >= 0.6 is 7.26 Å². The van der Waals surface area contributed by atoms with Crippen molar-refractivity contribution in [1.29, 1.82) is 0 Å². The van der Waals surface area contributed by atoms with Crippen molar-refractivity contribution in [2.45, 2.75) is 19.3 Å². The van der Waals surface area contributed by atoms with Gasteiger partial charge in [0.15, 0.2) is 5.75 Å². The van der Waals surface area contributed by atoms with E-state index < -0.39 is 7.26 Å². The molecule has 0 saturated heterocycles. The monoisotopic (exact) mass is 584 g/mol. The van der Waals surface area contributed by atoms with E-state index in [-0.39, 0.29) is 12.2 Å². The van der Waals surface area contributed by atoms with E-state index in [0.717, 1.165) is 31.0 Å². The molecule has 0 unspecified atom stereocenters. The predicted octanol–water partition coefficient (Wildman–Crippen LogP) is 7.24. The van der Waals surface area contributed by atoms with Crippen molar-refractivity contribution in [2.75, 3.05) is 13.0 Å². The van der Waals surface area contributed by atoms with Crippen LogP contribution < -0.4 is 30.8 Å². The molecule has 43 heavy (non-hydrogen) atoms. The molecule has 1 aliphatic heterocycles. The Labute approximate surface area is 251 Å². The number of benzene rings is 5. The molecule has 5 heteroatoms. The predicted molar refractivity (Wildman–Crippen MR) is 178 cm³/mol. The van der Waals surface area contributed by atoms with Gasteiger partial charge in [0.05, 0.1) is 0 Å². The van der Waals surface area contributed by atoms with Crippen LogP contribution in [0.1, 0.15) is 18.4 Å². The second-order valence-corrected chi connectivity index (χ2v) is 15.1. The zero-order valence-corrected chi connectivity index (χ0v) is 24.9. The van der Waals surface area contributed by atoms with E-state index in [4.69, 9.17) is 13.9 Å². The molecule has 5 aromatic carbocycles. The molecule has 0 saturated carbocycles. The van der Waals surface area contributed by atoms with Crippen molar-refractivity contribution in [2.24, 2.45) is 0 Å². The Hall–Kier alpha value is -4.66. The summed E-state index contributed by atoms with van der Waals surface area (Å²) in [5.41, 5.74) is 2.48. The summed E-state index contributed by atoms with van der Waals surface area (Å²) in [5, 5.41) is 4.86. The SMILES string of the molecule is O=c1cc(-c2ccc(CCCC[PH](c3ccccc3)(c3ccccc3)c3ccccc3)cc2)oc2c3c(ccc12)OCO3. The molecule has 0 spiro atoms. The summed E-state index contributed by atoms with van der Waals surface area (Å²) >= 11 is 0. The molecular weight excluding hydrogens is 551 g/mol. The normalized spacial score (nSPS) is 12.8. The van der Waals surface area contributed by atoms with Gasteiger partial charge < -0.3 is 9.47 Å². The molecule has 4 nitrogen and oxygen atoms in total. The van der Waals surface area contributed by atoms with Gasteiger partial charge in [0.1, 0.15) is 0 Å². The van der Waals surface area contributed by atoms with Crippen molar-refractivity contribution in [3.05, 3.63) is 149 Å². The van der Waals surface area contributed by atoms with Gasteiger partial charge in [-0.3, -0.25) is 0 Å². The van der Waals surface area contributed by atoms with Crippen LogP contribution in [0.25, 0.3) is 22.3 Å². The topological polar surface area (TPSA) is 48.7 Å². The Morgan fingerprint density at radius 3 is 1.84 bits per heavy atom. The summed E-state index contributed by atoms with van der Waals surface area (Å²) in [6.07, 6.45) is 4.35. The third-order valence-electron chi connectivity index (χ3n) is 8.54. The molecule has 0 bridgehead atoms. The molecule has 0 atom stereocenters. The summed E-state index contributed by atoms with van der Waals surface area (Å²) < 4.78 is 17.2.